The molecule has 0 radical (unpaired) electrons. The Bertz CT molecular complexity index is 338. The van der Waals surface area contributed by atoms with Gasteiger partial charge in [0.05, 0.1) is 0 Å². The largest absolute Gasteiger partial charge is 0.313 e. The number of hydrogen-bond donors (Lipinski definition) is 1. The fraction of sp³-hybridized carbons (Fsp3) is 0.818. The number of hydrogen-bond acceptors (Lipinski definition) is 5. The van der Waals surface area contributed by atoms with E-state index >= 15 is 0 Å². The Morgan fingerprint density at radius 3 is 3.06 bits per heavy atom. The maximum absolute atomic E-state index is 6.05. The van der Waals surface area contributed by atoms with Gasteiger partial charge >= 0.3 is 0 Å². The molecule has 4 nitrogen and oxygen atoms in total. The van der Waals surface area contributed by atoms with Crippen LogP contribution < -0.4 is 5.32 Å². The van der Waals surface area contributed by atoms with Crippen molar-refractivity contribution in [3.63, 3.8) is 0 Å². The quantitative estimate of drug-likeness (QED) is 0.863. The van der Waals surface area contributed by atoms with Crippen molar-refractivity contribution < 1.29 is 0 Å². The monoisotopic (exact) mass is 274 g/mol. The lowest BCUT2D eigenvalue weighted by atomic mass is 10.2. The smallest absolute Gasteiger partial charge is 0.138 e. The molecule has 1 N–H and O–H groups in total. The van der Waals surface area contributed by atoms with Crippen LogP contribution in [0.15, 0.2) is 0 Å². The molecule has 1 fully saturated rings. The molecule has 1 atom stereocenters. The average molecular weight is 275 g/mol. The second kappa shape index (κ2) is 6.64. The molecule has 1 saturated heterocycles. The molecule has 1 unspecified atom stereocenters. The van der Waals surface area contributed by atoms with Gasteiger partial charge in [0.25, 0.3) is 0 Å². The fourth-order valence-electron chi connectivity index (χ4n) is 2.28. The second-order valence-corrected chi connectivity index (χ2v) is 5.88. The summed E-state index contributed by atoms with van der Waals surface area (Å²) in [4.78, 5) is 2.42. The topological polar surface area (TPSA) is 41.1 Å². The first-order chi connectivity index (χ1) is 8.29. The van der Waals surface area contributed by atoms with Crippen LogP contribution >= 0.6 is 23.1 Å². The molecule has 6 heteroatoms. The number of halogens is 1. The second-order valence-electron chi connectivity index (χ2n) is 4.52. The third-order valence-electron chi connectivity index (χ3n) is 3.06. The highest BCUT2D eigenvalue weighted by Gasteiger charge is 2.19. The first-order valence-corrected chi connectivity index (χ1v) is 7.37. The molecule has 1 aromatic heterocycles. The summed E-state index contributed by atoms with van der Waals surface area (Å²) in [5.74, 6) is 0. The van der Waals surface area contributed by atoms with Gasteiger partial charge in [-0.25, -0.2) is 0 Å². The Balaban J connectivity index is 1.89. The molecule has 96 valence electrons. The lowest BCUT2D eigenvalue weighted by Crippen LogP contribution is -2.37. The van der Waals surface area contributed by atoms with Gasteiger partial charge in [0.1, 0.15) is 10.0 Å². The highest BCUT2D eigenvalue weighted by Crippen LogP contribution is 2.19. The molecule has 0 aliphatic carbocycles. The molecule has 2 rings (SSSR count). The van der Waals surface area contributed by atoms with Gasteiger partial charge in [-0.05, 0) is 32.4 Å². The minimum absolute atomic E-state index is 0.631. The maximum atomic E-state index is 6.05. The van der Waals surface area contributed by atoms with Gasteiger partial charge in [0, 0.05) is 30.7 Å². The first-order valence-electron chi connectivity index (χ1n) is 6.22. The van der Waals surface area contributed by atoms with E-state index in [2.05, 4.69) is 26.7 Å². The molecular weight excluding hydrogens is 256 g/mol. The molecule has 1 aliphatic rings. The van der Waals surface area contributed by atoms with Gasteiger partial charge < -0.3 is 5.32 Å². The van der Waals surface area contributed by atoms with Crippen molar-refractivity contribution in [2.75, 3.05) is 19.6 Å². The van der Waals surface area contributed by atoms with Crippen molar-refractivity contribution in [1.82, 2.24) is 19.8 Å². The summed E-state index contributed by atoms with van der Waals surface area (Å²) in [6.45, 7) is 6.36. The van der Waals surface area contributed by atoms with Gasteiger partial charge in [-0.1, -0.05) is 23.0 Å². The van der Waals surface area contributed by atoms with Gasteiger partial charge in [0.2, 0.25) is 0 Å². The van der Waals surface area contributed by atoms with Crippen molar-refractivity contribution in [1.29, 1.82) is 0 Å². The summed E-state index contributed by atoms with van der Waals surface area (Å²) >= 11 is 7.32. The highest BCUT2D eigenvalue weighted by molar-refractivity contribution is 7.10. The van der Waals surface area contributed by atoms with Crippen molar-refractivity contribution >= 4 is 23.1 Å². The summed E-state index contributed by atoms with van der Waals surface area (Å²) in [5, 5.41) is 7.62. The van der Waals surface area contributed by atoms with E-state index in [1.165, 1.54) is 24.4 Å². The van der Waals surface area contributed by atoms with Crippen molar-refractivity contribution in [2.24, 2.45) is 0 Å². The summed E-state index contributed by atoms with van der Waals surface area (Å²) in [6, 6.07) is 0.631. The zero-order valence-electron chi connectivity index (χ0n) is 10.2. The minimum atomic E-state index is 0.631. The van der Waals surface area contributed by atoms with Crippen LogP contribution in [0.2, 0.25) is 4.34 Å². The van der Waals surface area contributed by atoms with Gasteiger partial charge in [0.15, 0.2) is 0 Å². The van der Waals surface area contributed by atoms with Crippen molar-refractivity contribution in [3.8, 4) is 0 Å². The van der Waals surface area contributed by atoms with Crippen LogP contribution in [0.25, 0.3) is 0 Å². The molecular formula is C11H19ClN4S. The van der Waals surface area contributed by atoms with Crippen LogP contribution in [0.5, 0.6) is 0 Å². The van der Waals surface area contributed by atoms with Crippen LogP contribution in [0.1, 0.15) is 31.9 Å². The standard InChI is InChI=1S/C11H19ClN4S/c1-2-6-16(7-9-4-3-5-13-9)8-10-11(12)17-15-14-10/h9,13H,2-8H2,1H3. The Morgan fingerprint density at radius 1 is 1.59 bits per heavy atom. The van der Waals surface area contributed by atoms with Crippen LogP contribution in [0.4, 0.5) is 0 Å². The lowest BCUT2D eigenvalue weighted by Gasteiger charge is -2.24. The average Bonchev–Trinajstić information content (AvgIpc) is 2.92. The van der Waals surface area contributed by atoms with E-state index in [1.807, 2.05) is 0 Å². The van der Waals surface area contributed by atoms with E-state index in [1.54, 1.807) is 0 Å². The molecule has 1 aliphatic heterocycles. The van der Waals surface area contributed by atoms with E-state index < -0.39 is 0 Å². The predicted molar refractivity (Wildman–Crippen MR) is 71.5 cm³/mol. The molecule has 1 aromatic rings. The molecule has 0 saturated carbocycles. The summed E-state index contributed by atoms with van der Waals surface area (Å²) < 4.78 is 4.61. The molecule has 0 amide bonds. The number of rotatable bonds is 6. The molecule has 2 heterocycles. The lowest BCUT2D eigenvalue weighted by molar-refractivity contribution is 0.239. The SMILES string of the molecule is CCCN(Cc1nnsc1Cl)CC1CCCN1. The van der Waals surface area contributed by atoms with Crippen molar-refractivity contribution in [3.05, 3.63) is 10.0 Å². The molecule has 0 spiro atoms. The van der Waals surface area contributed by atoms with E-state index in [-0.39, 0.29) is 0 Å². The van der Waals surface area contributed by atoms with E-state index in [9.17, 15) is 0 Å². The van der Waals surface area contributed by atoms with Gasteiger partial charge in [-0.2, -0.15) is 0 Å². The molecule has 0 bridgehead atoms. The molecule has 0 aromatic carbocycles. The first kappa shape index (κ1) is 13.2. The van der Waals surface area contributed by atoms with Crippen LogP contribution in [-0.4, -0.2) is 40.2 Å². The third-order valence-corrected chi connectivity index (χ3v) is 4.05. The van der Waals surface area contributed by atoms with Gasteiger partial charge in [-0.3, -0.25) is 4.90 Å². The Hall–Kier alpha value is -0.230. The van der Waals surface area contributed by atoms with E-state index in [0.29, 0.717) is 6.04 Å². The van der Waals surface area contributed by atoms with E-state index in [0.717, 1.165) is 42.6 Å². The third kappa shape index (κ3) is 3.88. The zero-order chi connectivity index (χ0) is 12.1. The highest BCUT2D eigenvalue weighted by atomic mass is 35.5. The van der Waals surface area contributed by atoms with Crippen molar-refractivity contribution in [2.45, 2.75) is 38.8 Å². The van der Waals surface area contributed by atoms with Crippen LogP contribution in [0, 0.1) is 0 Å². The number of nitrogens with one attached hydrogen (secondary N) is 1. The van der Waals surface area contributed by atoms with Gasteiger partial charge in [-0.15, -0.1) is 5.10 Å². The maximum Gasteiger partial charge on any atom is 0.138 e. The molecule has 17 heavy (non-hydrogen) atoms. The normalized spacial score (nSPS) is 20.3. The Kier molecular flexibility index (Phi) is 5.16. The summed E-state index contributed by atoms with van der Waals surface area (Å²) in [7, 11) is 0. The zero-order valence-corrected chi connectivity index (χ0v) is 11.7. The van der Waals surface area contributed by atoms with Crippen LogP contribution in [0.3, 0.4) is 0 Å². The number of aromatic nitrogens is 2. The van der Waals surface area contributed by atoms with E-state index in [4.69, 9.17) is 11.6 Å². The minimum Gasteiger partial charge on any atom is -0.313 e. The fourth-order valence-corrected chi connectivity index (χ4v) is 2.89. The van der Waals surface area contributed by atoms with Crippen LogP contribution in [-0.2, 0) is 6.54 Å². The summed E-state index contributed by atoms with van der Waals surface area (Å²) in [5.41, 5.74) is 0.920. The Morgan fingerprint density at radius 2 is 2.47 bits per heavy atom. The summed E-state index contributed by atoms with van der Waals surface area (Å²) in [6.07, 6.45) is 3.73. The predicted octanol–water partition coefficient (Wildman–Crippen LogP) is 2.16. The number of nitrogens with zero attached hydrogens (tertiary/aromatic N) is 3. The Labute approximate surface area is 112 Å².